The largest absolute Gasteiger partial charge is 0.493 e. The van der Waals surface area contributed by atoms with Gasteiger partial charge in [-0.25, -0.2) is 0 Å². The van der Waals surface area contributed by atoms with Gasteiger partial charge in [-0.2, -0.15) is 0 Å². The lowest BCUT2D eigenvalue weighted by atomic mass is 9.93. The van der Waals surface area contributed by atoms with Crippen LogP contribution in [0.25, 0.3) is 0 Å². The monoisotopic (exact) mass is 301 g/mol. The fourth-order valence-electron chi connectivity index (χ4n) is 2.00. The second kappa shape index (κ2) is 6.26. The molecule has 1 aromatic carbocycles. The second-order valence-corrected chi connectivity index (χ2v) is 4.84. The van der Waals surface area contributed by atoms with Crippen LogP contribution >= 0.6 is 15.9 Å². The zero-order valence-electron chi connectivity index (χ0n) is 10.8. The first-order valence-corrected chi connectivity index (χ1v) is 6.53. The first-order valence-electron chi connectivity index (χ1n) is 5.73. The van der Waals surface area contributed by atoms with Gasteiger partial charge in [-0.05, 0) is 46.4 Å². The first kappa shape index (κ1) is 14.3. The van der Waals surface area contributed by atoms with E-state index in [1.165, 1.54) is 11.1 Å². The van der Waals surface area contributed by atoms with Crippen molar-refractivity contribution >= 4 is 15.9 Å². The molecule has 1 rings (SSSR count). The Bertz CT molecular complexity index is 393. The van der Waals surface area contributed by atoms with Gasteiger partial charge in [0, 0.05) is 5.56 Å². The molecule has 1 unspecified atom stereocenters. The van der Waals surface area contributed by atoms with Crippen LogP contribution in [0.3, 0.4) is 0 Å². The molecular weight excluding hydrogens is 282 g/mol. The molecule has 0 aromatic heterocycles. The predicted molar refractivity (Wildman–Crippen MR) is 74.1 cm³/mol. The summed E-state index contributed by atoms with van der Waals surface area (Å²) in [5.41, 5.74) is 8.15. The van der Waals surface area contributed by atoms with Gasteiger partial charge in [0.1, 0.15) is 0 Å². The van der Waals surface area contributed by atoms with E-state index in [0.29, 0.717) is 12.5 Å². The number of methoxy groups -OCH3 is 2. The molecule has 0 heterocycles. The van der Waals surface area contributed by atoms with Gasteiger partial charge in [-0.1, -0.05) is 13.8 Å². The Hall–Kier alpha value is -0.740. The summed E-state index contributed by atoms with van der Waals surface area (Å²) < 4.78 is 11.8. The van der Waals surface area contributed by atoms with Crippen LogP contribution in [0.4, 0.5) is 0 Å². The van der Waals surface area contributed by atoms with Crippen molar-refractivity contribution in [3.05, 3.63) is 21.7 Å². The third-order valence-corrected chi connectivity index (χ3v) is 3.56. The number of hydrogen-bond donors (Lipinski definition) is 1. The lowest BCUT2D eigenvalue weighted by Crippen LogP contribution is -2.12. The van der Waals surface area contributed by atoms with Crippen LogP contribution in [0, 0.1) is 0 Å². The van der Waals surface area contributed by atoms with Gasteiger partial charge in [-0.3, -0.25) is 0 Å². The quantitative estimate of drug-likeness (QED) is 0.909. The molecule has 96 valence electrons. The van der Waals surface area contributed by atoms with E-state index in [-0.39, 0.29) is 0 Å². The number of halogens is 1. The zero-order valence-corrected chi connectivity index (χ0v) is 12.4. The number of nitrogens with two attached hydrogens (primary N) is 1. The van der Waals surface area contributed by atoms with Crippen LogP contribution in [0.2, 0.25) is 0 Å². The smallest absolute Gasteiger partial charge is 0.175 e. The highest BCUT2D eigenvalue weighted by molar-refractivity contribution is 9.10. The minimum Gasteiger partial charge on any atom is -0.493 e. The van der Waals surface area contributed by atoms with Crippen molar-refractivity contribution < 1.29 is 9.47 Å². The Morgan fingerprint density at radius 1 is 1.29 bits per heavy atom. The summed E-state index contributed by atoms with van der Waals surface area (Å²) >= 11 is 3.51. The topological polar surface area (TPSA) is 44.5 Å². The molecule has 0 saturated carbocycles. The minimum absolute atomic E-state index is 0.307. The number of benzene rings is 1. The molecule has 1 aromatic rings. The Morgan fingerprint density at radius 2 is 1.88 bits per heavy atom. The van der Waals surface area contributed by atoms with E-state index in [0.717, 1.165) is 22.4 Å². The molecule has 0 aliphatic carbocycles. The maximum atomic E-state index is 5.75. The highest BCUT2D eigenvalue weighted by Crippen LogP contribution is 2.42. The molecule has 1 atom stereocenters. The van der Waals surface area contributed by atoms with E-state index in [2.05, 4.69) is 35.8 Å². The Balaban J connectivity index is 3.47. The fraction of sp³-hybridized carbons (Fsp3) is 0.538. The van der Waals surface area contributed by atoms with Crippen LogP contribution in [0.15, 0.2) is 10.5 Å². The van der Waals surface area contributed by atoms with E-state index >= 15 is 0 Å². The van der Waals surface area contributed by atoms with Gasteiger partial charge in [-0.15, -0.1) is 0 Å². The Labute approximate surface area is 111 Å². The van der Waals surface area contributed by atoms with Crippen molar-refractivity contribution in [1.82, 2.24) is 0 Å². The zero-order chi connectivity index (χ0) is 13.0. The van der Waals surface area contributed by atoms with Crippen LogP contribution in [-0.2, 0) is 6.42 Å². The van der Waals surface area contributed by atoms with E-state index in [9.17, 15) is 0 Å². The molecule has 0 spiro atoms. The molecule has 17 heavy (non-hydrogen) atoms. The van der Waals surface area contributed by atoms with Gasteiger partial charge in [0.15, 0.2) is 11.5 Å². The van der Waals surface area contributed by atoms with Gasteiger partial charge in [0.05, 0.1) is 18.7 Å². The predicted octanol–water partition coefficient (Wildman–Crippen LogP) is 3.09. The SMILES string of the molecule is CCc1c(C(C)CN)cc(Br)c(OC)c1OC. The lowest BCUT2D eigenvalue weighted by Gasteiger charge is -2.20. The second-order valence-electron chi connectivity index (χ2n) is 3.98. The van der Waals surface area contributed by atoms with Gasteiger partial charge >= 0.3 is 0 Å². The summed E-state index contributed by atoms with van der Waals surface area (Å²) in [7, 11) is 3.31. The van der Waals surface area contributed by atoms with Crippen LogP contribution in [0.5, 0.6) is 11.5 Å². The maximum Gasteiger partial charge on any atom is 0.175 e. The maximum absolute atomic E-state index is 5.75. The fourth-order valence-corrected chi connectivity index (χ4v) is 2.59. The summed E-state index contributed by atoms with van der Waals surface area (Å²) in [5.74, 6) is 1.86. The van der Waals surface area contributed by atoms with Crippen molar-refractivity contribution in [2.75, 3.05) is 20.8 Å². The number of ether oxygens (including phenoxy) is 2. The van der Waals surface area contributed by atoms with Gasteiger partial charge < -0.3 is 15.2 Å². The normalized spacial score (nSPS) is 12.4. The summed E-state index contributed by atoms with van der Waals surface area (Å²) in [6.07, 6.45) is 0.895. The summed E-state index contributed by atoms with van der Waals surface area (Å²) in [4.78, 5) is 0. The molecule has 0 fully saturated rings. The van der Waals surface area contributed by atoms with E-state index < -0.39 is 0 Å². The van der Waals surface area contributed by atoms with Crippen molar-refractivity contribution in [3.8, 4) is 11.5 Å². The van der Waals surface area contributed by atoms with E-state index in [1.54, 1.807) is 14.2 Å². The third-order valence-electron chi connectivity index (χ3n) is 2.97. The molecule has 0 aliphatic heterocycles. The highest BCUT2D eigenvalue weighted by atomic mass is 79.9. The van der Waals surface area contributed by atoms with Crippen molar-refractivity contribution in [2.24, 2.45) is 5.73 Å². The Kier molecular flexibility index (Phi) is 5.28. The van der Waals surface area contributed by atoms with E-state index in [1.807, 2.05) is 0 Å². The molecule has 2 N–H and O–H groups in total. The molecule has 3 nitrogen and oxygen atoms in total. The molecular formula is C13H20BrNO2. The lowest BCUT2D eigenvalue weighted by molar-refractivity contribution is 0.349. The van der Waals surface area contributed by atoms with Crippen molar-refractivity contribution in [3.63, 3.8) is 0 Å². The standard InChI is InChI=1S/C13H20BrNO2/c1-5-9-10(8(2)7-15)6-11(14)13(17-4)12(9)16-3/h6,8H,5,7,15H2,1-4H3. The highest BCUT2D eigenvalue weighted by Gasteiger charge is 2.19. The number of rotatable bonds is 5. The summed E-state index contributed by atoms with van der Waals surface area (Å²) in [5, 5.41) is 0. The van der Waals surface area contributed by atoms with Gasteiger partial charge in [0.2, 0.25) is 0 Å². The van der Waals surface area contributed by atoms with Crippen molar-refractivity contribution in [1.29, 1.82) is 0 Å². The molecule has 4 heteroatoms. The van der Waals surface area contributed by atoms with Gasteiger partial charge in [0.25, 0.3) is 0 Å². The van der Waals surface area contributed by atoms with Crippen LogP contribution in [0.1, 0.15) is 30.9 Å². The molecule has 0 radical (unpaired) electrons. The van der Waals surface area contributed by atoms with Crippen LogP contribution in [-0.4, -0.2) is 20.8 Å². The molecule has 0 saturated heterocycles. The molecule has 0 bridgehead atoms. The van der Waals surface area contributed by atoms with Crippen LogP contribution < -0.4 is 15.2 Å². The number of hydrogen-bond acceptors (Lipinski definition) is 3. The molecule has 0 aliphatic rings. The summed E-state index contributed by atoms with van der Waals surface area (Å²) in [6.45, 7) is 4.85. The van der Waals surface area contributed by atoms with E-state index in [4.69, 9.17) is 15.2 Å². The first-order chi connectivity index (χ1) is 8.10. The van der Waals surface area contributed by atoms with Crippen molar-refractivity contribution in [2.45, 2.75) is 26.2 Å². The average molecular weight is 302 g/mol. The summed E-state index contributed by atoms with van der Waals surface area (Å²) in [6, 6.07) is 2.08. The minimum atomic E-state index is 0.307. The Morgan fingerprint density at radius 3 is 2.29 bits per heavy atom. The molecule has 0 amide bonds. The average Bonchev–Trinajstić information content (AvgIpc) is 2.36. The third kappa shape index (κ3) is 2.75.